The maximum absolute atomic E-state index is 5.80. The van der Waals surface area contributed by atoms with E-state index in [4.69, 9.17) is 16.3 Å². The molecule has 1 heterocycles. The third-order valence-corrected chi connectivity index (χ3v) is 4.02. The first-order valence-corrected chi connectivity index (χ1v) is 9.35. The van der Waals surface area contributed by atoms with Crippen molar-refractivity contribution < 1.29 is 4.74 Å². The second-order valence-corrected chi connectivity index (χ2v) is 6.30. The zero-order valence-electron chi connectivity index (χ0n) is 15.9. The molecule has 1 aromatic carbocycles. The fourth-order valence-electron chi connectivity index (χ4n) is 2.44. The van der Waals surface area contributed by atoms with Crippen LogP contribution < -0.4 is 15.4 Å². The summed E-state index contributed by atoms with van der Waals surface area (Å²) in [5, 5.41) is 7.17. The molecule has 7 heteroatoms. The number of aromatic nitrogens is 1. The van der Waals surface area contributed by atoms with E-state index in [1.54, 1.807) is 13.2 Å². The molecular weight excluding hydrogens is 475 g/mol. The van der Waals surface area contributed by atoms with Gasteiger partial charge in [0.2, 0.25) is 0 Å². The molecule has 148 valence electrons. The van der Waals surface area contributed by atoms with Gasteiger partial charge in [-0.15, -0.1) is 24.0 Å². The Morgan fingerprint density at radius 1 is 1.11 bits per heavy atom. The number of hydrogen-bond acceptors (Lipinski definition) is 3. The summed E-state index contributed by atoms with van der Waals surface area (Å²) in [7, 11) is 1.78. The van der Waals surface area contributed by atoms with Gasteiger partial charge in [0.15, 0.2) is 5.96 Å². The van der Waals surface area contributed by atoms with Crippen molar-refractivity contribution in [3.63, 3.8) is 0 Å². The number of ether oxygens (including phenoxy) is 1. The summed E-state index contributed by atoms with van der Waals surface area (Å²) in [5.74, 6) is 1.73. The van der Waals surface area contributed by atoms with Crippen LogP contribution in [0.2, 0.25) is 5.15 Å². The van der Waals surface area contributed by atoms with Crippen LogP contribution in [0.1, 0.15) is 24.5 Å². The van der Waals surface area contributed by atoms with E-state index in [1.807, 2.05) is 24.3 Å². The first kappa shape index (κ1) is 23.5. The van der Waals surface area contributed by atoms with Gasteiger partial charge < -0.3 is 15.4 Å². The predicted molar refractivity (Wildman–Crippen MR) is 124 cm³/mol. The molecule has 0 aliphatic carbocycles. The lowest BCUT2D eigenvalue weighted by molar-refractivity contribution is 0.317. The lowest BCUT2D eigenvalue weighted by Crippen LogP contribution is -2.39. The lowest BCUT2D eigenvalue weighted by Gasteiger charge is -2.12. The summed E-state index contributed by atoms with van der Waals surface area (Å²) >= 11 is 5.80. The van der Waals surface area contributed by atoms with Gasteiger partial charge in [-0.1, -0.05) is 36.7 Å². The molecule has 0 unspecified atom stereocenters. The Morgan fingerprint density at radius 3 is 2.48 bits per heavy atom. The first-order valence-electron chi connectivity index (χ1n) is 8.98. The van der Waals surface area contributed by atoms with E-state index in [-0.39, 0.29) is 24.0 Å². The Morgan fingerprint density at radius 2 is 1.85 bits per heavy atom. The Kier molecular flexibility index (Phi) is 11.8. The van der Waals surface area contributed by atoms with Crippen LogP contribution in [0.15, 0.2) is 47.6 Å². The number of rotatable bonds is 9. The van der Waals surface area contributed by atoms with Crippen molar-refractivity contribution in [2.75, 3.05) is 26.7 Å². The van der Waals surface area contributed by atoms with E-state index in [0.29, 0.717) is 5.15 Å². The van der Waals surface area contributed by atoms with Gasteiger partial charge in [-0.05, 0) is 48.6 Å². The first-order chi connectivity index (χ1) is 12.7. The van der Waals surface area contributed by atoms with E-state index < -0.39 is 0 Å². The van der Waals surface area contributed by atoms with Gasteiger partial charge in [0.25, 0.3) is 0 Å². The maximum Gasteiger partial charge on any atom is 0.190 e. The third-order valence-electron chi connectivity index (χ3n) is 3.80. The van der Waals surface area contributed by atoms with Crippen molar-refractivity contribution in [1.82, 2.24) is 15.6 Å². The predicted octanol–water partition coefficient (Wildman–Crippen LogP) is 4.09. The SMILES string of the molecule is CCCOc1cccc(CCNC(=NC)NCCc2ccc(Cl)nc2)c1.I. The van der Waals surface area contributed by atoms with Gasteiger partial charge in [0, 0.05) is 26.3 Å². The van der Waals surface area contributed by atoms with Crippen LogP contribution >= 0.6 is 35.6 Å². The summed E-state index contributed by atoms with van der Waals surface area (Å²) in [6.45, 7) is 4.44. The molecule has 5 nitrogen and oxygen atoms in total. The number of nitrogens with zero attached hydrogens (tertiary/aromatic N) is 2. The average molecular weight is 503 g/mol. The molecule has 0 aliphatic rings. The van der Waals surface area contributed by atoms with Gasteiger partial charge in [-0.25, -0.2) is 4.98 Å². The van der Waals surface area contributed by atoms with Crippen molar-refractivity contribution in [3.05, 3.63) is 58.9 Å². The number of benzene rings is 1. The summed E-state index contributed by atoms with van der Waals surface area (Å²) in [6, 6.07) is 12.0. The quantitative estimate of drug-likeness (QED) is 0.235. The molecule has 0 atom stereocenters. The Hall–Kier alpha value is -1.54. The van der Waals surface area contributed by atoms with Gasteiger partial charge in [-0.2, -0.15) is 0 Å². The van der Waals surface area contributed by atoms with Gasteiger partial charge in [0.1, 0.15) is 10.9 Å². The van der Waals surface area contributed by atoms with E-state index in [9.17, 15) is 0 Å². The summed E-state index contributed by atoms with van der Waals surface area (Å²) in [6.07, 6.45) is 4.58. The molecule has 27 heavy (non-hydrogen) atoms. The molecule has 0 radical (unpaired) electrons. The van der Waals surface area contributed by atoms with Crippen LogP contribution in [0.4, 0.5) is 0 Å². The second kappa shape index (κ2) is 13.6. The van der Waals surface area contributed by atoms with Crippen LogP contribution in [0.3, 0.4) is 0 Å². The summed E-state index contributed by atoms with van der Waals surface area (Å²) in [5.41, 5.74) is 2.38. The normalized spacial score (nSPS) is 10.9. The molecule has 0 fully saturated rings. The minimum atomic E-state index is 0. The molecule has 2 N–H and O–H groups in total. The van der Waals surface area contributed by atoms with E-state index in [0.717, 1.165) is 56.2 Å². The summed E-state index contributed by atoms with van der Waals surface area (Å²) < 4.78 is 5.68. The number of nitrogens with one attached hydrogen (secondary N) is 2. The minimum absolute atomic E-state index is 0. The highest BCUT2D eigenvalue weighted by molar-refractivity contribution is 14.0. The standard InChI is InChI=1S/C20H27ClN4O.HI/c1-3-13-26-18-6-4-5-16(14-18)9-11-23-20(22-2)24-12-10-17-7-8-19(21)25-15-17;/h4-8,14-15H,3,9-13H2,1-2H3,(H2,22,23,24);1H. The van der Waals surface area contributed by atoms with Gasteiger partial charge >= 0.3 is 0 Å². The van der Waals surface area contributed by atoms with Crippen LogP contribution in [0.25, 0.3) is 0 Å². The fraction of sp³-hybridized carbons (Fsp3) is 0.400. The van der Waals surface area contributed by atoms with E-state index in [2.05, 4.69) is 39.7 Å². The fourth-order valence-corrected chi connectivity index (χ4v) is 2.55. The maximum atomic E-state index is 5.80. The molecule has 2 rings (SSSR count). The number of guanidine groups is 1. The highest BCUT2D eigenvalue weighted by atomic mass is 127. The van der Waals surface area contributed by atoms with Crippen LogP contribution in [-0.4, -0.2) is 37.7 Å². The molecule has 0 amide bonds. The third kappa shape index (κ3) is 9.28. The Labute approximate surface area is 184 Å². The molecule has 2 aromatic rings. The van der Waals surface area contributed by atoms with Gasteiger partial charge in [0.05, 0.1) is 6.61 Å². The van der Waals surface area contributed by atoms with E-state index in [1.165, 1.54) is 5.56 Å². The summed E-state index contributed by atoms with van der Waals surface area (Å²) in [4.78, 5) is 8.34. The van der Waals surface area contributed by atoms with Gasteiger partial charge in [-0.3, -0.25) is 4.99 Å². The number of pyridine rings is 1. The molecule has 0 aliphatic heterocycles. The van der Waals surface area contributed by atoms with E-state index >= 15 is 0 Å². The number of hydrogen-bond donors (Lipinski definition) is 2. The smallest absolute Gasteiger partial charge is 0.190 e. The van der Waals surface area contributed by atoms with Crippen molar-refractivity contribution in [3.8, 4) is 5.75 Å². The zero-order valence-corrected chi connectivity index (χ0v) is 19.0. The van der Waals surface area contributed by atoms with Crippen LogP contribution in [0.5, 0.6) is 5.75 Å². The topological polar surface area (TPSA) is 58.5 Å². The molecule has 0 spiro atoms. The van der Waals surface area contributed by atoms with Crippen LogP contribution in [0, 0.1) is 0 Å². The number of aliphatic imine (C=N–C) groups is 1. The van der Waals surface area contributed by atoms with Crippen molar-refractivity contribution >= 4 is 41.5 Å². The van der Waals surface area contributed by atoms with Crippen LogP contribution in [-0.2, 0) is 12.8 Å². The zero-order chi connectivity index (χ0) is 18.6. The van der Waals surface area contributed by atoms with Crippen molar-refractivity contribution in [2.45, 2.75) is 26.2 Å². The molecule has 0 saturated carbocycles. The highest BCUT2D eigenvalue weighted by Crippen LogP contribution is 2.13. The lowest BCUT2D eigenvalue weighted by atomic mass is 10.1. The Balaban J connectivity index is 0.00000364. The molecular formula is C20H28ClIN4O. The largest absolute Gasteiger partial charge is 0.494 e. The monoisotopic (exact) mass is 502 g/mol. The van der Waals surface area contributed by atoms with Crippen molar-refractivity contribution in [2.24, 2.45) is 4.99 Å². The van der Waals surface area contributed by atoms with Crippen molar-refractivity contribution in [1.29, 1.82) is 0 Å². The Bertz CT molecular complexity index is 695. The highest BCUT2D eigenvalue weighted by Gasteiger charge is 2.01. The average Bonchev–Trinajstić information content (AvgIpc) is 2.67. The molecule has 0 saturated heterocycles. The minimum Gasteiger partial charge on any atom is -0.494 e. The second-order valence-electron chi connectivity index (χ2n) is 5.91. The molecule has 1 aromatic heterocycles. The molecule has 0 bridgehead atoms. The number of halogens is 2.